The van der Waals surface area contributed by atoms with E-state index < -0.39 is 0 Å². The van der Waals surface area contributed by atoms with Gasteiger partial charge in [-0.05, 0) is 0 Å². The Morgan fingerprint density at radius 1 is 1.40 bits per heavy atom. The quantitative estimate of drug-likeness (QED) is 0.308. The Bertz CT molecular complexity index is 9.61. The Kier molecular flexibility index (Phi) is 61.2. The van der Waals surface area contributed by atoms with Crippen molar-refractivity contribution in [3.8, 4) is 0 Å². The molecule has 0 fully saturated rings. The van der Waals surface area contributed by atoms with E-state index in [0.29, 0.717) is 0 Å². The average molecular weight is 104 g/mol. The van der Waals surface area contributed by atoms with Gasteiger partial charge in [-0.3, -0.25) is 0 Å². The van der Waals surface area contributed by atoms with Crippen LogP contribution in [0.25, 0.3) is 0 Å². The molecule has 0 rings (SSSR count). The fourth-order valence-corrected chi connectivity index (χ4v) is 0. The van der Waals surface area contributed by atoms with Crippen molar-refractivity contribution < 1.29 is 11.0 Å². The summed E-state index contributed by atoms with van der Waals surface area (Å²) in [4.78, 5) is 0. The summed E-state index contributed by atoms with van der Waals surface area (Å²) < 4.78 is 4.62. The molecule has 0 aromatic rings. The standard InChI is InChI=1S/CH3.BH2.Ca.2H2O/h1H3;1H2;;2*1H2/q;+1;-1;;. The van der Waals surface area contributed by atoms with Crippen molar-refractivity contribution >= 4 is 37.2 Å². The molecule has 0 spiro atoms. The van der Waals surface area contributed by atoms with E-state index in [1.54, 1.807) is 0 Å². The minimum absolute atomic E-state index is 0. The summed E-state index contributed by atoms with van der Waals surface area (Å²) >= 11 is 0.125. The third-order valence-corrected chi connectivity index (χ3v) is 0. The summed E-state index contributed by atoms with van der Waals surface area (Å²) in [5, 5.41) is 0. The molecule has 4 N–H and O–H groups in total. The fourth-order valence-electron chi connectivity index (χ4n) is 0. The van der Waals surface area contributed by atoms with Gasteiger partial charge in [0.1, 0.15) is 0 Å². The van der Waals surface area contributed by atoms with E-state index >= 15 is 0 Å². The van der Waals surface area contributed by atoms with Gasteiger partial charge in [0, 0.05) is 0 Å². The Hall–Kier alpha value is 1.24. The molecule has 0 heterocycles. The molecule has 0 aliphatic heterocycles. The zero-order valence-corrected chi connectivity index (χ0v) is 5.92. The second kappa shape index (κ2) is 18.8. The summed E-state index contributed by atoms with van der Waals surface area (Å²) in [6.07, 6.45) is 0. The van der Waals surface area contributed by atoms with Crippen LogP contribution in [0.2, 0.25) is 3.02 Å². The normalized spacial score (nSPS) is 1.80. The molecule has 0 aliphatic rings. The first-order valence-corrected chi connectivity index (χ1v) is 5.83. The van der Waals surface area contributed by atoms with Crippen LogP contribution in [0.5, 0.6) is 0 Å². The van der Waals surface area contributed by atoms with Gasteiger partial charge in [0.2, 0.25) is 0 Å². The van der Waals surface area contributed by atoms with Gasteiger partial charge in [-0.25, -0.2) is 0 Å². The van der Waals surface area contributed by atoms with E-state index in [-0.39, 0.29) is 44.5 Å². The van der Waals surface area contributed by atoms with Crippen LogP contribution in [0.4, 0.5) is 0 Å². The van der Waals surface area contributed by atoms with Gasteiger partial charge >= 0.3 is 40.2 Å². The first kappa shape index (κ1) is 16.3. The Morgan fingerprint density at radius 3 is 1.40 bits per heavy atom. The number of hydrogen-bond acceptors (Lipinski definition) is 0. The van der Waals surface area contributed by atoms with Crippen molar-refractivity contribution in [3.05, 3.63) is 0 Å². The van der Waals surface area contributed by atoms with Crippen LogP contribution in [0.3, 0.4) is 0 Å². The second-order valence-corrected chi connectivity index (χ2v) is 2.92. The van der Waals surface area contributed by atoms with Crippen LogP contribution >= 0.6 is 0 Å². The van der Waals surface area contributed by atoms with Crippen LogP contribution in [0.1, 0.15) is 0 Å². The van der Waals surface area contributed by atoms with Gasteiger partial charge in [-0.2, -0.15) is 0 Å². The summed E-state index contributed by atoms with van der Waals surface area (Å²) in [7, 11) is 0. The molecule has 0 radical (unpaired) electrons. The Labute approximate surface area is 50.8 Å². The molecule has 0 atom stereocenters. The molecule has 0 saturated carbocycles. The van der Waals surface area contributed by atoms with Gasteiger partial charge in [-0.1, -0.05) is 0 Å². The first-order chi connectivity index (χ1) is 1.41. The number of hydrogen-bond donors (Lipinski definition) is 0. The van der Waals surface area contributed by atoms with E-state index in [1.165, 1.54) is 0 Å². The van der Waals surface area contributed by atoms with Crippen molar-refractivity contribution in [1.29, 1.82) is 0 Å². The van der Waals surface area contributed by atoms with E-state index in [0.717, 1.165) is 0 Å². The van der Waals surface area contributed by atoms with E-state index in [1.807, 2.05) is 0 Å². The third-order valence-electron chi connectivity index (χ3n) is 0. The average Bonchev–Trinajstić information content (AvgIpc) is 0.918. The van der Waals surface area contributed by atoms with Gasteiger partial charge < -0.3 is 11.0 Å². The van der Waals surface area contributed by atoms with Crippen LogP contribution in [-0.4, -0.2) is 48.2 Å². The second-order valence-electron chi connectivity index (χ2n) is 0.707. The molecule has 5 heavy (non-hydrogen) atoms. The van der Waals surface area contributed by atoms with Gasteiger partial charge in [0.25, 0.3) is 0 Å². The SMILES string of the molecule is O.O.[BH2][Ca][CH3]. The maximum atomic E-state index is 2.31. The van der Waals surface area contributed by atoms with Crippen molar-refractivity contribution in [2.45, 2.75) is 3.02 Å². The summed E-state index contributed by atoms with van der Waals surface area (Å²) in [5.74, 6) is 0. The molecule has 0 unspecified atom stereocenters. The van der Waals surface area contributed by atoms with E-state index in [9.17, 15) is 0 Å². The Balaban J connectivity index is -0.0000000200. The minimum atomic E-state index is 0. The monoisotopic (exact) mass is 104 g/mol. The van der Waals surface area contributed by atoms with Crippen molar-refractivity contribution in [1.82, 2.24) is 0 Å². The Morgan fingerprint density at radius 2 is 1.40 bits per heavy atom. The predicted octanol–water partition coefficient (Wildman–Crippen LogP) is -2.36. The molecule has 0 amide bonds. The molecular weight excluding hydrogens is 94.9 g/mol. The number of rotatable bonds is 0. The molecule has 0 saturated heterocycles. The summed E-state index contributed by atoms with van der Waals surface area (Å²) in [6, 6.07) is 0. The van der Waals surface area contributed by atoms with Crippen molar-refractivity contribution in [2.75, 3.05) is 0 Å². The molecule has 0 aromatic heterocycles. The van der Waals surface area contributed by atoms with Crippen molar-refractivity contribution in [2.24, 2.45) is 0 Å². The molecule has 30 valence electrons. The molecule has 0 aliphatic carbocycles. The van der Waals surface area contributed by atoms with Crippen LogP contribution in [0.15, 0.2) is 0 Å². The summed E-state index contributed by atoms with van der Waals surface area (Å²) in [6.45, 7) is 0. The third kappa shape index (κ3) is 35.6. The molecule has 0 aromatic carbocycles. The van der Waals surface area contributed by atoms with Crippen LogP contribution in [0, 0.1) is 0 Å². The van der Waals surface area contributed by atoms with E-state index in [2.05, 4.69) is 6.68 Å². The first-order valence-electron chi connectivity index (χ1n) is 1.41. The van der Waals surface area contributed by atoms with Crippen LogP contribution in [-0.2, 0) is 0 Å². The molecule has 4 heteroatoms. The fraction of sp³-hybridized carbons (Fsp3) is 1.00. The maximum absolute atomic E-state index is 2.31. The van der Waals surface area contributed by atoms with Crippen molar-refractivity contribution in [3.63, 3.8) is 0 Å². The molecule has 0 bridgehead atoms. The summed E-state index contributed by atoms with van der Waals surface area (Å²) in [5.41, 5.74) is 0. The van der Waals surface area contributed by atoms with Gasteiger partial charge in [0.15, 0.2) is 0 Å². The van der Waals surface area contributed by atoms with Gasteiger partial charge in [0.05, 0.1) is 0 Å². The zero-order chi connectivity index (χ0) is 2.71. The van der Waals surface area contributed by atoms with Crippen LogP contribution < -0.4 is 0 Å². The van der Waals surface area contributed by atoms with E-state index in [4.69, 9.17) is 0 Å². The molecular formula is CH9BCaO2. The predicted molar refractivity (Wildman–Crippen MR) is 27.4 cm³/mol. The zero-order valence-electron chi connectivity index (χ0n) is 3.71. The topological polar surface area (TPSA) is 63.0 Å². The molecule has 2 nitrogen and oxygen atoms in total. The van der Waals surface area contributed by atoms with Gasteiger partial charge in [-0.15, -0.1) is 0 Å².